The first-order chi connectivity index (χ1) is 12.4. The number of benzene rings is 1. The fourth-order valence-electron chi connectivity index (χ4n) is 3.01. The Morgan fingerprint density at radius 2 is 1.81 bits per heavy atom. The van der Waals surface area contributed by atoms with Crippen molar-refractivity contribution in [1.29, 1.82) is 0 Å². The molecular formula is C18H21BrN2O3S2. The molecular weight excluding hydrogens is 436 g/mol. The molecule has 1 amide bonds. The molecule has 0 bridgehead atoms. The summed E-state index contributed by atoms with van der Waals surface area (Å²) in [6.07, 6.45) is 2.78. The fourth-order valence-corrected chi connectivity index (χ4v) is 6.09. The minimum atomic E-state index is -3.62. The zero-order valence-corrected chi connectivity index (χ0v) is 17.7. The molecule has 8 heteroatoms. The first kappa shape index (κ1) is 19.5. The Morgan fingerprint density at radius 3 is 2.46 bits per heavy atom. The molecule has 1 fully saturated rings. The molecule has 0 aliphatic carbocycles. The van der Waals surface area contributed by atoms with E-state index in [1.807, 2.05) is 31.2 Å². The van der Waals surface area contributed by atoms with E-state index in [2.05, 4.69) is 21.2 Å². The van der Waals surface area contributed by atoms with Crippen molar-refractivity contribution in [3.05, 3.63) is 50.6 Å². The molecule has 1 atom stereocenters. The summed E-state index contributed by atoms with van der Waals surface area (Å²) in [6.45, 7) is 2.93. The molecule has 3 rings (SSSR count). The molecule has 26 heavy (non-hydrogen) atoms. The van der Waals surface area contributed by atoms with Gasteiger partial charge in [0.2, 0.25) is 10.0 Å². The molecule has 1 aliphatic heterocycles. The van der Waals surface area contributed by atoms with Crippen LogP contribution in [0.15, 0.2) is 45.1 Å². The van der Waals surface area contributed by atoms with Crippen LogP contribution >= 0.6 is 27.3 Å². The molecule has 140 valence electrons. The maximum atomic E-state index is 12.9. The number of nitrogens with one attached hydrogen (secondary N) is 1. The second kappa shape index (κ2) is 8.21. The van der Waals surface area contributed by atoms with Crippen molar-refractivity contribution in [3.8, 4) is 0 Å². The number of piperidine rings is 1. The Bertz CT molecular complexity index is 872. The third-order valence-corrected chi connectivity index (χ3v) is 8.00. The number of sulfonamides is 1. The van der Waals surface area contributed by atoms with Crippen LogP contribution in [0.1, 0.15) is 47.5 Å². The Morgan fingerprint density at radius 1 is 1.15 bits per heavy atom. The monoisotopic (exact) mass is 456 g/mol. The second-order valence-electron chi connectivity index (χ2n) is 6.33. The maximum Gasteiger partial charge on any atom is 0.263 e. The van der Waals surface area contributed by atoms with Crippen molar-refractivity contribution >= 4 is 43.2 Å². The highest BCUT2D eigenvalue weighted by molar-refractivity contribution is 9.10. The average molecular weight is 457 g/mol. The van der Waals surface area contributed by atoms with Crippen LogP contribution in [0.5, 0.6) is 0 Å². The quantitative estimate of drug-likeness (QED) is 0.733. The summed E-state index contributed by atoms with van der Waals surface area (Å²) in [5.41, 5.74) is 0.957. The predicted molar refractivity (Wildman–Crippen MR) is 107 cm³/mol. The molecule has 0 spiro atoms. The first-order valence-corrected chi connectivity index (χ1v) is 11.6. The standard InChI is InChI=1S/C18H21BrN2O3S2/c1-13(14-5-7-15(19)8-6-14)20-18(22)17-16(9-12-25-17)26(23,24)21-10-3-2-4-11-21/h5-9,12-13H,2-4,10-11H2,1H3,(H,20,22). The zero-order valence-electron chi connectivity index (χ0n) is 14.4. The van der Waals surface area contributed by atoms with Gasteiger partial charge in [-0.15, -0.1) is 11.3 Å². The minimum absolute atomic E-state index is 0.116. The Balaban J connectivity index is 1.79. The molecule has 5 nitrogen and oxygen atoms in total. The molecule has 1 saturated heterocycles. The van der Waals surface area contributed by atoms with Crippen LogP contribution in [-0.4, -0.2) is 31.7 Å². The number of thiophene rings is 1. The van der Waals surface area contributed by atoms with Crippen LogP contribution in [0.3, 0.4) is 0 Å². The summed E-state index contributed by atoms with van der Waals surface area (Å²) < 4.78 is 28.3. The summed E-state index contributed by atoms with van der Waals surface area (Å²) in [5, 5.41) is 4.57. The lowest BCUT2D eigenvalue weighted by Gasteiger charge is -2.26. The van der Waals surface area contributed by atoms with Gasteiger partial charge in [-0.1, -0.05) is 34.5 Å². The van der Waals surface area contributed by atoms with E-state index in [-0.39, 0.29) is 21.7 Å². The number of hydrogen-bond donors (Lipinski definition) is 1. The van der Waals surface area contributed by atoms with Gasteiger partial charge in [-0.05, 0) is 48.9 Å². The predicted octanol–water partition coefficient (Wildman–Crippen LogP) is 4.18. The highest BCUT2D eigenvalue weighted by atomic mass is 79.9. The van der Waals surface area contributed by atoms with E-state index < -0.39 is 10.0 Å². The lowest BCUT2D eigenvalue weighted by atomic mass is 10.1. The second-order valence-corrected chi connectivity index (χ2v) is 10.1. The van der Waals surface area contributed by atoms with Crippen LogP contribution in [0.2, 0.25) is 0 Å². The topological polar surface area (TPSA) is 66.5 Å². The highest BCUT2D eigenvalue weighted by Crippen LogP contribution is 2.28. The summed E-state index contributed by atoms with van der Waals surface area (Å²) in [6, 6.07) is 8.99. The molecule has 1 aliphatic rings. The van der Waals surface area contributed by atoms with Crippen LogP contribution in [0.25, 0.3) is 0 Å². The van der Waals surface area contributed by atoms with E-state index >= 15 is 0 Å². The van der Waals surface area contributed by atoms with Crippen LogP contribution < -0.4 is 5.32 Å². The number of hydrogen-bond acceptors (Lipinski definition) is 4. The van der Waals surface area contributed by atoms with Crippen LogP contribution in [-0.2, 0) is 10.0 Å². The molecule has 1 N–H and O–H groups in total. The van der Waals surface area contributed by atoms with E-state index in [1.54, 1.807) is 5.38 Å². The van der Waals surface area contributed by atoms with E-state index in [1.165, 1.54) is 10.4 Å². The van der Waals surface area contributed by atoms with Gasteiger partial charge in [0, 0.05) is 17.6 Å². The van der Waals surface area contributed by atoms with E-state index in [4.69, 9.17) is 0 Å². The number of halogens is 1. The number of rotatable bonds is 5. The smallest absolute Gasteiger partial charge is 0.263 e. The summed E-state index contributed by atoms with van der Waals surface area (Å²) >= 11 is 4.55. The minimum Gasteiger partial charge on any atom is -0.345 e. The van der Waals surface area contributed by atoms with Crippen molar-refractivity contribution in [2.24, 2.45) is 0 Å². The number of carbonyl (C=O) groups is 1. The van der Waals surface area contributed by atoms with Crippen molar-refractivity contribution < 1.29 is 13.2 Å². The van der Waals surface area contributed by atoms with Gasteiger partial charge in [0.1, 0.15) is 9.77 Å². The molecule has 2 heterocycles. The molecule has 2 aromatic rings. The Labute approximate surface area is 166 Å². The molecule has 0 saturated carbocycles. The third-order valence-electron chi connectivity index (χ3n) is 4.49. The average Bonchev–Trinajstić information content (AvgIpc) is 3.14. The van der Waals surface area contributed by atoms with E-state index in [9.17, 15) is 13.2 Å². The SMILES string of the molecule is CC(NC(=O)c1sccc1S(=O)(=O)N1CCCCC1)c1ccc(Br)cc1. The van der Waals surface area contributed by atoms with Gasteiger partial charge in [0.05, 0.1) is 6.04 Å². The van der Waals surface area contributed by atoms with Gasteiger partial charge in [-0.25, -0.2) is 8.42 Å². The molecule has 1 aromatic heterocycles. The lowest BCUT2D eigenvalue weighted by molar-refractivity contribution is 0.0941. The largest absolute Gasteiger partial charge is 0.345 e. The highest BCUT2D eigenvalue weighted by Gasteiger charge is 2.31. The number of carbonyl (C=O) groups excluding carboxylic acids is 1. The van der Waals surface area contributed by atoms with E-state index in [0.29, 0.717) is 13.1 Å². The van der Waals surface area contributed by atoms with Gasteiger partial charge in [0.25, 0.3) is 5.91 Å². The van der Waals surface area contributed by atoms with Gasteiger partial charge in [0.15, 0.2) is 0 Å². The van der Waals surface area contributed by atoms with Crippen molar-refractivity contribution in [3.63, 3.8) is 0 Å². The zero-order chi connectivity index (χ0) is 18.7. The van der Waals surface area contributed by atoms with Crippen LogP contribution in [0, 0.1) is 0 Å². The fraction of sp³-hybridized carbons (Fsp3) is 0.389. The van der Waals surface area contributed by atoms with Gasteiger partial charge in [-0.2, -0.15) is 4.31 Å². The molecule has 0 radical (unpaired) electrons. The van der Waals surface area contributed by atoms with Crippen molar-refractivity contribution in [1.82, 2.24) is 9.62 Å². The summed E-state index contributed by atoms with van der Waals surface area (Å²) in [4.78, 5) is 13.1. The summed E-state index contributed by atoms with van der Waals surface area (Å²) in [7, 11) is -3.62. The van der Waals surface area contributed by atoms with Crippen molar-refractivity contribution in [2.75, 3.05) is 13.1 Å². The number of nitrogens with zero attached hydrogens (tertiary/aromatic N) is 1. The van der Waals surface area contributed by atoms with Crippen LogP contribution in [0.4, 0.5) is 0 Å². The summed E-state index contributed by atoms with van der Waals surface area (Å²) in [5.74, 6) is -0.356. The first-order valence-electron chi connectivity index (χ1n) is 8.53. The van der Waals surface area contributed by atoms with Gasteiger partial charge in [-0.3, -0.25) is 4.79 Å². The third kappa shape index (κ3) is 4.19. The number of amides is 1. The molecule has 1 unspecified atom stereocenters. The van der Waals surface area contributed by atoms with E-state index in [0.717, 1.165) is 40.6 Å². The Hall–Kier alpha value is -1.22. The molecule has 1 aromatic carbocycles. The maximum absolute atomic E-state index is 12.9. The van der Waals surface area contributed by atoms with Gasteiger partial charge < -0.3 is 5.32 Å². The van der Waals surface area contributed by atoms with Gasteiger partial charge >= 0.3 is 0 Å². The lowest BCUT2D eigenvalue weighted by Crippen LogP contribution is -2.36. The Kier molecular flexibility index (Phi) is 6.17. The van der Waals surface area contributed by atoms with Crippen molar-refractivity contribution in [2.45, 2.75) is 37.1 Å². The normalized spacial score (nSPS) is 17.0.